The van der Waals surface area contributed by atoms with Crippen LogP contribution in [0.15, 0.2) is 12.1 Å². The van der Waals surface area contributed by atoms with Crippen LogP contribution in [-0.4, -0.2) is 17.9 Å². The van der Waals surface area contributed by atoms with E-state index in [0.717, 1.165) is 0 Å². The lowest BCUT2D eigenvalue weighted by molar-refractivity contribution is 0.148. The number of rotatable bonds is 2. The zero-order valence-electron chi connectivity index (χ0n) is 8.24. The summed E-state index contributed by atoms with van der Waals surface area (Å²) >= 11 is 0. The van der Waals surface area contributed by atoms with E-state index in [4.69, 9.17) is 15.2 Å². The van der Waals surface area contributed by atoms with Crippen LogP contribution in [0.4, 0.5) is 4.39 Å². The van der Waals surface area contributed by atoms with Crippen LogP contribution >= 0.6 is 0 Å². The Labute approximate surface area is 86.4 Å². The van der Waals surface area contributed by atoms with Crippen molar-refractivity contribution < 1.29 is 19.0 Å². The molecule has 1 aliphatic rings. The molecular weight excluding hydrogens is 201 g/mol. The Balaban J connectivity index is 2.40. The second-order valence-electron chi connectivity index (χ2n) is 3.53. The van der Waals surface area contributed by atoms with E-state index < -0.39 is 18.0 Å². The van der Waals surface area contributed by atoms with Crippen molar-refractivity contribution in [2.45, 2.75) is 19.1 Å². The molecule has 2 atom stereocenters. The van der Waals surface area contributed by atoms with Gasteiger partial charge in [-0.3, -0.25) is 0 Å². The number of benzene rings is 1. The highest BCUT2D eigenvalue weighted by Crippen LogP contribution is 2.36. The monoisotopic (exact) mass is 213 g/mol. The minimum Gasteiger partial charge on any atom is -0.454 e. The van der Waals surface area contributed by atoms with Gasteiger partial charge < -0.3 is 20.3 Å². The average molecular weight is 213 g/mol. The molecule has 2 unspecified atom stereocenters. The van der Waals surface area contributed by atoms with Crippen molar-refractivity contribution in [3.05, 3.63) is 23.5 Å². The Morgan fingerprint density at radius 3 is 2.60 bits per heavy atom. The van der Waals surface area contributed by atoms with Crippen molar-refractivity contribution >= 4 is 0 Å². The molecule has 5 heteroatoms. The number of aliphatic hydroxyl groups is 1. The average Bonchev–Trinajstić information content (AvgIpc) is 2.62. The summed E-state index contributed by atoms with van der Waals surface area (Å²) in [4.78, 5) is 0. The second kappa shape index (κ2) is 3.67. The fourth-order valence-corrected chi connectivity index (χ4v) is 1.44. The molecule has 0 aromatic heterocycles. The third-order valence-electron chi connectivity index (χ3n) is 2.31. The van der Waals surface area contributed by atoms with E-state index in [-0.39, 0.29) is 12.4 Å². The Hall–Kier alpha value is -1.33. The first kappa shape index (κ1) is 10.2. The lowest BCUT2D eigenvalue weighted by atomic mass is 10.0. The molecule has 0 radical (unpaired) electrons. The maximum atomic E-state index is 13.5. The number of aliphatic hydroxyl groups excluding tert-OH is 1. The highest BCUT2D eigenvalue weighted by atomic mass is 19.1. The van der Waals surface area contributed by atoms with Gasteiger partial charge in [0.2, 0.25) is 6.79 Å². The zero-order valence-corrected chi connectivity index (χ0v) is 8.24. The van der Waals surface area contributed by atoms with Crippen molar-refractivity contribution in [3.63, 3.8) is 0 Å². The Kier molecular flexibility index (Phi) is 2.50. The molecule has 0 amide bonds. The highest BCUT2D eigenvalue weighted by molar-refractivity contribution is 5.46. The molecule has 1 heterocycles. The van der Waals surface area contributed by atoms with Crippen LogP contribution in [0.1, 0.15) is 18.6 Å². The molecule has 0 saturated carbocycles. The number of halogens is 1. The van der Waals surface area contributed by atoms with Crippen LogP contribution in [0, 0.1) is 5.82 Å². The molecule has 4 nitrogen and oxygen atoms in total. The topological polar surface area (TPSA) is 64.7 Å². The van der Waals surface area contributed by atoms with Crippen LogP contribution in [0.5, 0.6) is 11.5 Å². The number of hydrogen-bond donors (Lipinski definition) is 2. The van der Waals surface area contributed by atoms with Crippen LogP contribution in [0.25, 0.3) is 0 Å². The minimum atomic E-state index is -1.04. The third-order valence-corrected chi connectivity index (χ3v) is 2.31. The van der Waals surface area contributed by atoms with E-state index in [9.17, 15) is 9.50 Å². The summed E-state index contributed by atoms with van der Waals surface area (Å²) in [7, 11) is 0. The first-order valence-electron chi connectivity index (χ1n) is 4.62. The van der Waals surface area contributed by atoms with E-state index in [0.29, 0.717) is 11.5 Å². The molecule has 82 valence electrons. The fourth-order valence-electron chi connectivity index (χ4n) is 1.44. The molecule has 0 aliphatic carbocycles. The van der Waals surface area contributed by atoms with Gasteiger partial charge in [-0.15, -0.1) is 0 Å². The molecule has 0 fully saturated rings. The van der Waals surface area contributed by atoms with Gasteiger partial charge in [-0.2, -0.15) is 0 Å². The maximum Gasteiger partial charge on any atom is 0.231 e. The summed E-state index contributed by atoms with van der Waals surface area (Å²) in [6, 6.07) is 2.08. The van der Waals surface area contributed by atoms with Crippen molar-refractivity contribution in [1.29, 1.82) is 0 Å². The molecule has 1 aromatic rings. The Morgan fingerprint density at radius 1 is 1.40 bits per heavy atom. The van der Waals surface area contributed by atoms with Crippen LogP contribution < -0.4 is 15.2 Å². The van der Waals surface area contributed by atoms with Gasteiger partial charge in [0.1, 0.15) is 5.82 Å². The van der Waals surface area contributed by atoms with E-state index in [2.05, 4.69) is 0 Å². The normalized spacial score (nSPS) is 17.6. The SMILES string of the molecule is CC(N)C(O)c1cc2c(cc1F)OCO2. The largest absolute Gasteiger partial charge is 0.454 e. The first-order chi connectivity index (χ1) is 7.09. The fraction of sp³-hybridized carbons (Fsp3) is 0.400. The van der Waals surface area contributed by atoms with Crippen molar-refractivity contribution in [1.82, 2.24) is 0 Å². The standard InChI is InChI=1S/C10H12FNO3/c1-5(12)10(13)6-2-8-9(3-7(6)11)15-4-14-8/h2-3,5,10,13H,4,12H2,1H3. The van der Waals surface area contributed by atoms with Gasteiger partial charge >= 0.3 is 0 Å². The lowest BCUT2D eigenvalue weighted by Crippen LogP contribution is -2.25. The third kappa shape index (κ3) is 1.75. The number of hydrogen-bond acceptors (Lipinski definition) is 4. The van der Waals surface area contributed by atoms with Gasteiger partial charge in [0, 0.05) is 17.7 Å². The van der Waals surface area contributed by atoms with Crippen LogP contribution in [0.2, 0.25) is 0 Å². The molecule has 3 N–H and O–H groups in total. The summed E-state index contributed by atoms with van der Waals surface area (Å²) < 4.78 is 23.6. The molecule has 15 heavy (non-hydrogen) atoms. The summed E-state index contributed by atoms with van der Waals surface area (Å²) in [6.07, 6.45) is -1.04. The number of fused-ring (bicyclic) bond motifs is 1. The van der Waals surface area contributed by atoms with E-state index >= 15 is 0 Å². The number of ether oxygens (including phenoxy) is 2. The molecule has 1 aromatic carbocycles. The molecule has 0 saturated heterocycles. The van der Waals surface area contributed by atoms with Gasteiger partial charge in [-0.1, -0.05) is 0 Å². The summed E-state index contributed by atoms with van der Waals surface area (Å²) in [5, 5.41) is 9.65. The molecule has 0 spiro atoms. The summed E-state index contributed by atoms with van der Waals surface area (Å²) in [5.41, 5.74) is 5.63. The van der Waals surface area contributed by atoms with Gasteiger partial charge in [0.15, 0.2) is 11.5 Å². The second-order valence-corrected chi connectivity index (χ2v) is 3.53. The summed E-state index contributed by atoms with van der Waals surface area (Å²) in [6.45, 7) is 1.68. The molecule has 2 rings (SSSR count). The van der Waals surface area contributed by atoms with Gasteiger partial charge in [-0.05, 0) is 13.0 Å². The summed E-state index contributed by atoms with van der Waals surface area (Å²) in [5.74, 6) is 0.253. The van der Waals surface area contributed by atoms with Crippen molar-refractivity contribution in [3.8, 4) is 11.5 Å². The first-order valence-corrected chi connectivity index (χ1v) is 4.62. The van der Waals surface area contributed by atoms with Crippen molar-refractivity contribution in [2.75, 3.05) is 6.79 Å². The quantitative estimate of drug-likeness (QED) is 0.767. The Morgan fingerprint density at radius 2 is 2.00 bits per heavy atom. The molecule has 1 aliphatic heterocycles. The number of nitrogens with two attached hydrogens (primary N) is 1. The van der Waals surface area contributed by atoms with E-state index in [1.165, 1.54) is 12.1 Å². The zero-order chi connectivity index (χ0) is 11.0. The Bertz CT molecular complexity index is 381. The predicted octanol–water partition coefficient (Wildman–Crippen LogP) is 0.935. The van der Waals surface area contributed by atoms with Gasteiger partial charge in [0.25, 0.3) is 0 Å². The van der Waals surface area contributed by atoms with Crippen LogP contribution in [-0.2, 0) is 0 Å². The van der Waals surface area contributed by atoms with E-state index in [1.807, 2.05) is 0 Å². The van der Waals surface area contributed by atoms with Crippen LogP contribution in [0.3, 0.4) is 0 Å². The smallest absolute Gasteiger partial charge is 0.231 e. The van der Waals surface area contributed by atoms with Gasteiger partial charge in [0.05, 0.1) is 6.10 Å². The minimum absolute atomic E-state index is 0.0759. The predicted molar refractivity (Wildman–Crippen MR) is 51.1 cm³/mol. The van der Waals surface area contributed by atoms with Gasteiger partial charge in [-0.25, -0.2) is 4.39 Å². The van der Waals surface area contributed by atoms with E-state index in [1.54, 1.807) is 6.92 Å². The molecule has 0 bridgehead atoms. The molecular formula is C10H12FNO3. The highest BCUT2D eigenvalue weighted by Gasteiger charge is 2.22. The van der Waals surface area contributed by atoms with Crippen molar-refractivity contribution in [2.24, 2.45) is 5.73 Å². The maximum absolute atomic E-state index is 13.5. The lowest BCUT2D eigenvalue weighted by Gasteiger charge is -2.15.